The minimum absolute atomic E-state index is 0.185. The molecule has 9 heteroatoms. The molecule has 1 aromatic carbocycles. The molecule has 1 N–H and O–H groups in total. The second-order valence-corrected chi connectivity index (χ2v) is 6.57. The Labute approximate surface area is 159 Å². The number of amides is 1. The lowest BCUT2D eigenvalue weighted by molar-refractivity contribution is -0.116. The summed E-state index contributed by atoms with van der Waals surface area (Å²) in [6, 6.07) is 7.54. The van der Waals surface area contributed by atoms with Crippen LogP contribution in [-0.2, 0) is 4.79 Å². The van der Waals surface area contributed by atoms with Crippen LogP contribution in [0.1, 0.15) is 29.2 Å². The molecule has 27 heavy (non-hydrogen) atoms. The van der Waals surface area contributed by atoms with Crippen LogP contribution in [0.15, 0.2) is 30.3 Å². The number of halogens is 2. The Kier molecular flexibility index (Phi) is 4.27. The first-order valence-electron chi connectivity index (χ1n) is 8.20. The highest BCUT2D eigenvalue weighted by molar-refractivity contribution is 6.31. The Bertz CT molecular complexity index is 1030. The van der Waals surface area contributed by atoms with E-state index in [0.717, 1.165) is 5.56 Å². The van der Waals surface area contributed by atoms with Crippen LogP contribution in [0.5, 0.6) is 5.88 Å². The first-order chi connectivity index (χ1) is 13.0. The summed E-state index contributed by atoms with van der Waals surface area (Å²) in [5.74, 6) is 0.374. The van der Waals surface area contributed by atoms with Crippen LogP contribution in [0, 0.1) is 12.7 Å². The standard InChI is InChI=1S/C18H15ClFN5O2/c1-9-17-12(11-4-3-10(20)7-13(11)19)8-15(26)21-18(17)25(24-9)14-5-6-16(27-2)23-22-14/h3-7,12H,8H2,1-2H3,(H,21,26). The van der Waals surface area contributed by atoms with Crippen molar-refractivity contribution < 1.29 is 13.9 Å². The van der Waals surface area contributed by atoms with Gasteiger partial charge in [-0.15, -0.1) is 10.2 Å². The Hall–Kier alpha value is -3.00. The van der Waals surface area contributed by atoms with E-state index in [9.17, 15) is 9.18 Å². The Morgan fingerprint density at radius 1 is 1.30 bits per heavy atom. The molecule has 3 aromatic rings. The third-order valence-corrected chi connectivity index (χ3v) is 4.82. The predicted molar refractivity (Wildman–Crippen MR) is 96.9 cm³/mol. The average Bonchev–Trinajstić information content (AvgIpc) is 2.98. The zero-order valence-electron chi connectivity index (χ0n) is 14.5. The van der Waals surface area contributed by atoms with Crippen LogP contribution in [0.3, 0.4) is 0 Å². The maximum absolute atomic E-state index is 13.4. The lowest BCUT2D eigenvalue weighted by Crippen LogP contribution is -2.25. The molecule has 0 saturated heterocycles. The molecule has 0 aliphatic carbocycles. The summed E-state index contributed by atoms with van der Waals surface area (Å²) in [6.07, 6.45) is 0.194. The van der Waals surface area contributed by atoms with Crippen molar-refractivity contribution in [2.75, 3.05) is 12.4 Å². The van der Waals surface area contributed by atoms with Gasteiger partial charge >= 0.3 is 0 Å². The second kappa shape index (κ2) is 6.62. The third-order valence-electron chi connectivity index (χ3n) is 4.49. The van der Waals surface area contributed by atoms with Gasteiger partial charge in [0.1, 0.15) is 11.6 Å². The molecule has 0 bridgehead atoms. The number of carbonyl (C=O) groups excluding carboxylic acids is 1. The molecular weight excluding hydrogens is 373 g/mol. The minimum Gasteiger partial charge on any atom is -0.480 e. The van der Waals surface area contributed by atoms with Crippen LogP contribution < -0.4 is 10.1 Å². The van der Waals surface area contributed by atoms with Gasteiger partial charge in [0, 0.05) is 29.0 Å². The number of anilines is 1. The summed E-state index contributed by atoms with van der Waals surface area (Å²) < 4.78 is 20.0. The Balaban J connectivity index is 1.85. The highest BCUT2D eigenvalue weighted by atomic mass is 35.5. The molecule has 1 amide bonds. The average molecular weight is 388 g/mol. The van der Waals surface area contributed by atoms with E-state index in [0.29, 0.717) is 28.8 Å². The number of aryl methyl sites for hydroxylation is 1. The highest BCUT2D eigenvalue weighted by Gasteiger charge is 2.34. The monoisotopic (exact) mass is 387 g/mol. The molecule has 1 atom stereocenters. The normalized spacial score (nSPS) is 16.0. The van der Waals surface area contributed by atoms with E-state index in [1.807, 2.05) is 6.92 Å². The van der Waals surface area contributed by atoms with Gasteiger partial charge in [-0.25, -0.2) is 4.39 Å². The van der Waals surface area contributed by atoms with Crippen LogP contribution >= 0.6 is 11.6 Å². The minimum atomic E-state index is -0.426. The second-order valence-electron chi connectivity index (χ2n) is 6.16. The Morgan fingerprint density at radius 3 is 2.78 bits per heavy atom. The van der Waals surface area contributed by atoms with Gasteiger partial charge in [0.15, 0.2) is 5.82 Å². The molecule has 0 saturated carbocycles. The number of benzene rings is 1. The SMILES string of the molecule is COc1ccc(-n2nc(C)c3c2NC(=O)CC3c2ccc(F)cc2Cl)nn1. The number of nitrogens with one attached hydrogen (secondary N) is 1. The van der Waals surface area contributed by atoms with Crippen molar-refractivity contribution in [1.29, 1.82) is 0 Å². The van der Waals surface area contributed by atoms with Crippen molar-refractivity contribution in [3.05, 3.63) is 58.0 Å². The van der Waals surface area contributed by atoms with Gasteiger partial charge in [-0.05, 0) is 30.7 Å². The number of methoxy groups -OCH3 is 1. The highest BCUT2D eigenvalue weighted by Crippen LogP contribution is 2.42. The number of ether oxygens (including phenoxy) is 1. The maximum Gasteiger partial charge on any atom is 0.233 e. The van der Waals surface area contributed by atoms with Gasteiger partial charge in [0.25, 0.3) is 0 Å². The lowest BCUT2D eigenvalue weighted by atomic mass is 9.86. The van der Waals surface area contributed by atoms with Gasteiger partial charge in [0.05, 0.1) is 12.8 Å². The zero-order valence-corrected chi connectivity index (χ0v) is 15.3. The number of carbonyl (C=O) groups is 1. The molecule has 0 radical (unpaired) electrons. The fraction of sp³-hybridized carbons (Fsp3) is 0.222. The number of fused-ring (bicyclic) bond motifs is 1. The molecule has 3 heterocycles. The fourth-order valence-electron chi connectivity index (χ4n) is 3.30. The van der Waals surface area contributed by atoms with Gasteiger partial charge in [-0.3, -0.25) is 4.79 Å². The fourth-order valence-corrected chi connectivity index (χ4v) is 3.60. The summed E-state index contributed by atoms with van der Waals surface area (Å²) in [6.45, 7) is 1.84. The molecule has 138 valence electrons. The molecule has 0 fully saturated rings. The zero-order chi connectivity index (χ0) is 19.1. The molecule has 1 aliphatic rings. The summed E-state index contributed by atoms with van der Waals surface area (Å²) in [4.78, 5) is 12.4. The maximum atomic E-state index is 13.4. The van der Waals surface area contributed by atoms with Crippen molar-refractivity contribution >= 4 is 23.3 Å². The molecule has 2 aromatic heterocycles. The first kappa shape index (κ1) is 17.4. The van der Waals surface area contributed by atoms with E-state index < -0.39 is 5.82 Å². The van der Waals surface area contributed by atoms with E-state index in [-0.39, 0.29) is 23.3 Å². The molecule has 4 rings (SSSR count). The summed E-state index contributed by atoms with van der Waals surface area (Å²) >= 11 is 6.25. The van der Waals surface area contributed by atoms with Gasteiger partial charge < -0.3 is 10.1 Å². The molecule has 7 nitrogen and oxygen atoms in total. The van der Waals surface area contributed by atoms with Crippen molar-refractivity contribution in [3.63, 3.8) is 0 Å². The van der Waals surface area contributed by atoms with Crippen LogP contribution in [0.25, 0.3) is 5.82 Å². The van der Waals surface area contributed by atoms with Gasteiger partial charge in [-0.1, -0.05) is 17.7 Å². The quantitative estimate of drug-likeness (QED) is 0.746. The summed E-state index contributed by atoms with van der Waals surface area (Å²) in [5, 5.41) is 15.7. The topological polar surface area (TPSA) is 81.9 Å². The first-order valence-corrected chi connectivity index (χ1v) is 8.58. The third kappa shape index (κ3) is 3.02. The molecule has 1 aliphatic heterocycles. The number of nitrogens with zero attached hydrogens (tertiary/aromatic N) is 4. The van der Waals surface area contributed by atoms with E-state index in [2.05, 4.69) is 20.6 Å². The van der Waals surface area contributed by atoms with Crippen molar-refractivity contribution in [2.45, 2.75) is 19.3 Å². The Morgan fingerprint density at radius 2 is 2.11 bits per heavy atom. The van der Waals surface area contributed by atoms with Crippen LogP contribution in [0.2, 0.25) is 5.02 Å². The number of hydrogen-bond donors (Lipinski definition) is 1. The van der Waals surface area contributed by atoms with E-state index in [1.54, 1.807) is 18.2 Å². The molecular formula is C18H15ClFN5O2. The number of hydrogen-bond acceptors (Lipinski definition) is 5. The van der Waals surface area contributed by atoms with Crippen molar-refractivity contribution in [1.82, 2.24) is 20.0 Å². The molecule has 0 spiro atoms. The molecule has 1 unspecified atom stereocenters. The van der Waals surface area contributed by atoms with Crippen molar-refractivity contribution in [2.24, 2.45) is 0 Å². The predicted octanol–water partition coefficient (Wildman–Crippen LogP) is 3.25. The van der Waals surface area contributed by atoms with E-state index >= 15 is 0 Å². The summed E-state index contributed by atoms with van der Waals surface area (Å²) in [7, 11) is 1.50. The van der Waals surface area contributed by atoms with E-state index in [4.69, 9.17) is 16.3 Å². The van der Waals surface area contributed by atoms with Gasteiger partial charge in [-0.2, -0.15) is 9.78 Å². The number of rotatable bonds is 3. The van der Waals surface area contributed by atoms with Crippen LogP contribution in [0.4, 0.5) is 10.2 Å². The van der Waals surface area contributed by atoms with Gasteiger partial charge in [0.2, 0.25) is 11.8 Å². The van der Waals surface area contributed by atoms with Crippen LogP contribution in [-0.4, -0.2) is 33.0 Å². The largest absolute Gasteiger partial charge is 0.480 e. The number of aromatic nitrogens is 4. The smallest absolute Gasteiger partial charge is 0.233 e. The summed E-state index contributed by atoms with van der Waals surface area (Å²) in [5.41, 5.74) is 2.21. The lowest BCUT2D eigenvalue weighted by Gasteiger charge is -2.25. The van der Waals surface area contributed by atoms with E-state index in [1.165, 1.54) is 23.9 Å². The van der Waals surface area contributed by atoms with Crippen molar-refractivity contribution in [3.8, 4) is 11.7 Å².